The standard InChI is InChI=1S/C19H29N3O3/c1-5-20-10-12-21(13-11-20)19(24)14-22(16(4)23)17-8-6-7-9-18(17)25-15(2)3/h6-9,15H,5,10-14H2,1-4H3. The first-order valence-corrected chi connectivity index (χ1v) is 8.96. The maximum absolute atomic E-state index is 12.7. The second-order valence-corrected chi connectivity index (χ2v) is 6.55. The number of rotatable bonds is 6. The highest BCUT2D eigenvalue weighted by atomic mass is 16.5. The van der Waals surface area contributed by atoms with E-state index in [1.54, 1.807) is 0 Å². The number of ether oxygens (including phenoxy) is 1. The molecule has 1 fully saturated rings. The molecule has 6 heteroatoms. The zero-order valence-corrected chi connectivity index (χ0v) is 15.7. The molecule has 2 rings (SSSR count). The van der Waals surface area contributed by atoms with Crippen molar-refractivity contribution in [2.45, 2.75) is 33.8 Å². The van der Waals surface area contributed by atoms with Crippen LogP contribution < -0.4 is 9.64 Å². The van der Waals surface area contributed by atoms with Crippen LogP contribution in [-0.4, -0.2) is 67.0 Å². The molecular formula is C19H29N3O3. The van der Waals surface area contributed by atoms with Gasteiger partial charge in [0.05, 0.1) is 11.8 Å². The summed E-state index contributed by atoms with van der Waals surface area (Å²) in [6.45, 7) is 11.7. The number of anilines is 1. The van der Waals surface area contributed by atoms with Gasteiger partial charge in [-0.05, 0) is 32.5 Å². The van der Waals surface area contributed by atoms with Gasteiger partial charge in [0.1, 0.15) is 12.3 Å². The maximum Gasteiger partial charge on any atom is 0.242 e. The lowest BCUT2D eigenvalue weighted by molar-refractivity contribution is -0.132. The monoisotopic (exact) mass is 347 g/mol. The van der Waals surface area contributed by atoms with Crippen LogP contribution in [0.25, 0.3) is 0 Å². The number of carbonyl (C=O) groups excluding carboxylic acids is 2. The summed E-state index contributed by atoms with van der Waals surface area (Å²) in [6, 6.07) is 7.37. The fourth-order valence-corrected chi connectivity index (χ4v) is 2.95. The molecule has 1 aromatic carbocycles. The third-order valence-corrected chi connectivity index (χ3v) is 4.36. The van der Waals surface area contributed by atoms with Gasteiger partial charge in [-0.3, -0.25) is 14.5 Å². The fourth-order valence-electron chi connectivity index (χ4n) is 2.95. The Morgan fingerprint density at radius 2 is 1.80 bits per heavy atom. The molecule has 0 atom stereocenters. The molecule has 0 radical (unpaired) electrons. The van der Waals surface area contributed by atoms with Gasteiger partial charge in [-0.1, -0.05) is 19.1 Å². The lowest BCUT2D eigenvalue weighted by atomic mass is 10.2. The predicted molar refractivity (Wildman–Crippen MR) is 98.9 cm³/mol. The van der Waals surface area contributed by atoms with Gasteiger partial charge in [0.25, 0.3) is 0 Å². The van der Waals surface area contributed by atoms with Gasteiger partial charge in [0, 0.05) is 33.1 Å². The molecule has 0 bridgehead atoms. The van der Waals surface area contributed by atoms with Crippen LogP contribution in [0.1, 0.15) is 27.7 Å². The van der Waals surface area contributed by atoms with Crippen molar-refractivity contribution in [2.75, 3.05) is 44.2 Å². The van der Waals surface area contributed by atoms with Crippen molar-refractivity contribution < 1.29 is 14.3 Å². The summed E-state index contributed by atoms with van der Waals surface area (Å²) in [4.78, 5) is 30.5. The van der Waals surface area contributed by atoms with E-state index in [2.05, 4.69) is 11.8 Å². The van der Waals surface area contributed by atoms with Crippen LogP contribution in [-0.2, 0) is 9.59 Å². The first-order valence-electron chi connectivity index (χ1n) is 8.96. The highest BCUT2D eigenvalue weighted by Crippen LogP contribution is 2.29. The van der Waals surface area contributed by atoms with E-state index in [1.807, 2.05) is 43.0 Å². The summed E-state index contributed by atoms with van der Waals surface area (Å²) in [5.74, 6) is 0.432. The number of likely N-dealkylation sites (N-methyl/N-ethyl adjacent to an activating group) is 1. The van der Waals surface area contributed by atoms with Crippen LogP contribution in [0.15, 0.2) is 24.3 Å². The Labute approximate surface area is 150 Å². The summed E-state index contributed by atoms with van der Waals surface area (Å²) in [6.07, 6.45) is -0.00668. The van der Waals surface area contributed by atoms with Crippen LogP contribution in [0.2, 0.25) is 0 Å². The van der Waals surface area contributed by atoms with Crippen molar-refractivity contribution in [3.63, 3.8) is 0 Å². The van der Waals surface area contributed by atoms with Crippen LogP contribution in [0.3, 0.4) is 0 Å². The average Bonchev–Trinajstić information content (AvgIpc) is 2.59. The summed E-state index contributed by atoms with van der Waals surface area (Å²) < 4.78 is 5.81. The molecule has 0 aromatic heterocycles. The van der Waals surface area contributed by atoms with Crippen molar-refractivity contribution in [1.82, 2.24) is 9.80 Å². The Bertz CT molecular complexity index is 595. The van der Waals surface area contributed by atoms with E-state index in [9.17, 15) is 9.59 Å². The molecule has 138 valence electrons. The summed E-state index contributed by atoms with van der Waals surface area (Å²) in [5, 5.41) is 0. The summed E-state index contributed by atoms with van der Waals surface area (Å²) >= 11 is 0. The third-order valence-electron chi connectivity index (χ3n) is 4.36. The topological polar surface area (TPSA) is 53.1 Å². The minimum Gasteiger partial charge on any atom is -0.489 e. The van der Waals surface area contributed by atoms with Gasteiger partial charge < -0.3 is 14.5 Å². The van der Waals surface area contributed by atoms with Crippen molar-refractivity contribution in [3.05, 3.63) is 24.3 Å². The Morgan fingerprint density at radius 3 is 2.36 bits per heavy atom. The molecule has 6 nitrogen and oxygen atoms in total. The molecule has 1 aliphatic heterocycles. The number of nitrogens with zero attached hydrogens (tertiary/aromatic N) is 3. The van der Waals surface area contributed by atoms with E-state index in [0.29, 0.717) is 24.5 Å². The quantitative estimate of drug-likeness (QED) is 0.790. The van der Waals surface area contributed by atoms with Gasteiger partial charge in [0.15, 0.2) is 0 Å². The van der Waals surface area contributed by atoms with Crippen LogP contribution in [0, 0.1) is 0 Å². The number of benzene rings is 1. The summed E-state index contributed by atoms with van der Waals surface area (Å²) in [5.41, 5.74) is 0.643. The van der Waals surface area contributed by atoms with Crippen LogP contribution in [0.5, 0.6) is 5.75 Å². The normalized spacial score (nSPS) is 15.3. The van der Waals surface area contributed by atoms with Crippen LogP contribution >= 0.6 is 0 Å². The Morgan fingerprint density at radius 1 is 1.16 bits per heavy atom. The molecule has 2 amide bonds. The van der Waals surface area contributed by atoms with Crippen molar-refractivity contribution in [3.8, 4) is 5.75 Å². The Kier molecular flexibility index (Phi) is 6.82. The van der Waals surface area contributed by atoms with Gasteiger partial charge in [0.2, 0.25) is 11.8 Å². The van der Waals surface area contributed by atoms with Gasteiger partial charge in [-0.2, -0.15) is 0 Å². The van der Waals surface area contributed by atoms with E-state index >= 15 is 0 Å². The molecule has 0 unspecified atom stereocenters. The molecule has 1 saturated heterocycles. The number of hydrogen-bond acceptors (Lipinski definition) is 4. The van der Waals surface area contributed by atoms with E-state index in [4.69, 9.17) is 4.74 Å². The molecule has 1 heterocycles. The van der Waals surface area contributed by atoms with Crippen molar-refractivity contribution in [1.29, 1.82) is 0 Å². The molecule has 0 spiro atoms. The highest BCUT2D eigenvalue weighted by Gasteiger charge is 2.25. The lowest BCUT2D eigenvalue weighted by Gasteiger charge is -2.35. The predicted octanol–water partition coefficient (Wildman–Crippen LogP) is 1.99. The minimum atomic E-state index is -0.166. The largest absolute Gasteiger partial charge is 0.489 e. The molecule has 1 aliphatic rings. The smallest absolute Gasteiger partial charge is 0.242 e. The number of carbonyl (C=O) groups is 2. The molecule has 0 aliphatic carbocycles. The molecule has 1 aromatic rings. The SMILES string of the molecule is CCN1CCN(C(=O)CN(C(C)=O)c2ccccc2OC(C)C)CC1. The first-order chi connectivity index (χ1) is 11.9. The third kappa shape index (κ3) is 5.19. The molecule has 0 N–H and O–H groups in total. The van der Waals surface area contributed by atoms with Crippen molar-refractivity contribution in [2.24, 2.45) is 0 Å². The molecule has 25 heavy (non-hydrogen) atoms. The second-order valence-electron chi connectivity index (χ2n) is 6.55. The summed E-state index contributed by atoms with van der Waals surface area (Å²) in [7, 11) is 0. The number of amides is 2. The number of para-hydroxylation sites is 2. The van der Waals surface area contributed by atoms with E-state index < -0.39 is 0 Å². The van der Waals surface area contributed by atoms with Gasteiger partial charge >= 0.3 is 0 Å². The fraction of sp³-hybridized carbons (Fsp3) is 0.579. The minimum absolute atomic E-state index is 0.00668. The Balaban J connectivity index is 2.11. The van der Waals surface area contributed by atoms with Gasteiger partial charge in [-0.25, -0.2) is 0 Å². The van der Waals surface area contributed by atoms with Gasteiger partial charge in [-0.15, -0.1) is 0 Å². The number of hydrogen-bond donors (Lipinski definition) is 0. The van der Waals surface area contributed by atoms with Crippen LogP contribution in [0.4, 0.5) is 5.69 Å². The Hall–Kier alpha value is -2.08. The second kappa shape index (κ2) is 8.85. The lowest BCUT2D eigenvalue weighted by Crippen LogP contribution is -2.51. The average molecular weight is 347 g/mol. The van der Waals surface area contributed by atoms with Crippen molar-refractivity contribution >= 4 is 17.5 Å². The molecule has 0 saturated carbocycles. The molecular weight excluding hydrogens is 318 g/mol. The first kappa shape index (κ1) is 19.2. The maximum atomic E-state index is 12.7. The zero-order chi connectivity index (χ0) is 18.4. The van der Waals surface area contributed by atoms with E-state index in [0.717, 1.165) is 19.6 Å². The van der Waals surface area contributed by atoms with E-state index in [-0.39, 0.29) is 24.5 Å². The highest BCUT2D eigenvalue weighted by molar-refractivity contribution is 5.98. The number of piperazine rings is 1. The van der Waals surface area contributed by atoms with E-state index in [1.165, 1.54) is 11.8 Å². The zero-order valence-electron chi connectivity index (χ0n) is 15.7.